The van der Waals surface area contributed by atoms with Gasteiger partial charge in [0.2, 0.25) is 0 Å². The Morgan fingerprint density at radius 1 is 1.23 bits per heavy atom. The van der Waals surface area contributed by atoms with Gasteiger partial charge in [0.1, 0.15) is 0 Å². The molecule has 0 bridgehead atoms. The Kier molecular flexibility index (Phi) is 8.08. The Morgan fingerprint density at radius 2 is 2.03 bits per heavy atom. The van der Waals surface area contributed by atoms with Crippen molar-refractivity contribution in [2.45, 2.75) is 55.1 Å². The third kappa shape index (κ3) is 6.42. The second-order valence-electron chi connectivity index (χ2n) is 7.93. The molecule has 1 aromatic carbocycles. The van der Waals surface area contributed by atoms with Crippen LogP contribution in [0.1, 0.15) is 44.8 Å². The number of benzene rings is 1. The van der Waals surface area contributed by atoms with Crippen molar-refractivity contribution in [2.75, 3.05) is 6.61 Å². The van der Waals surface area contributed by atoms with Crippen LogP contribution in [0, 0.1) is 5.92 Å². The molecule has 2 heterocycles. The molecule has 0 unspecified atom stereocenters. The number of aromatic nitrogens is 1. The quantitative estimate of drug-likeness (QED) is 0.421. The molecule has 1 N–H and O–H groups in total. The Morgan fingerprint density at radius 3 is 2.73 bits per heavy atom. The third-order valence-electron chi connectivity index (χ3n) is 5.00. The third-order valence-corrected chi connectivity index (χ3v) is 6.22. The van der Waals surface area contributed by atoms with E-state index in [0.29, 0.717) is 13.0 Å². The topological polar surface area (TPSA) is 68.7 Å². The molecule has 3 atom stereocenters. The minimum Gasteiger partial charge on any atom is -0.481 e. The molecule has 1 saturated heterocycles. The molecule has 1 aromatic heterocycles. The van der Waals surface area contributed by atoms with Crippen molar-refractivity contribution < 1.29 is 19.4 Å². The number of carboxylic acids is 1. The van der Waals surface area contributed by atoms with Crippen LogP contribution in [0.4, 0.5) is 0 Å². The van der Waals surface area contributed by atoms with Crippen LogP contribution in [0.5, 0.6) is 0 Å². The number of ether oxygens (including phenoxy) is 2. The molecule has 1 aliphatic rings. The lowest BCUT2D eigenvalue weighted by Gasteiger charge is -2.42. The van der Waals surface area contributed by atoms with Gasteiger partial charge >= 0.3 is 5.97 Å². The van der Waals surface area contributed by atoms with Gasteiger partial charge in [-0.25, -0.2) is 0 Å². The number of carboxylic acid groups (broad SMARTS) is 1. The minimum absolute atomic E-state index is 0.128. The highest BCUT2D eigenvalue weighted by molar-refractivity contribution is 8.00. The molecular weight excluding hydrogens is 398 g/mol. The monoisotopic (exact) mass is 427 g/mol. The summed E-state index contributed by atoms with van der Waals surface area (Å²) in [7, 11) is 0. The van der Waals surface area contributed by atoms with Crippen molar-refractivity contribution in [1.29, 1.82) is 0 Å². The molecule has 1 aliphatic heterocycles. The summed E-state index contributed by atoms with van der Waals surface area (Å²) in [5.41, 5.74) is 1.04. The Balaban J connectivity index is 1.70. The van der Waals surface area contributed by atoms with Gasteiger partial charge in [-0.2, -0.15) is 0 Å². The summed E-state index contributed by atoms with van der Waals surface area (Å²) in [4.78, 5) is 16.1. The molecule has 0 saturated carbocycles. The van der Waals surface area contributed by atoms with E-state index in [0.717, 1.165) is 12.0 Å². The van der Waals surface area contributed by atoms with Gasteiger partial charge in [-0.05, 0) is 50.5 Å². The first-order valence-corrected chi connectivity index (χ1v) is 11.0. The van der Waals surface area contributed by atoms with Crippen molar-refractivity contribution >= 4 is 17.7 Å². The lowest BCUT2D eigenvalue weighted by molar-refractivity contribution is -0.248. The number of hydrogen-bond donors (Lipinski definition) is 1. The van der Waals surface area contributed by atoms with Gasteiger partial charge in [-0.15, -0.1) is 11.8 Å². The fraction of sp³-hybridized carbons (Fsp3) is 0.417. The molecule has 3 rings (SSSR count). The van der Waals surface area contributed by atoms with Gasteiger partial charge in [0.05, 0.1) is 17.5 Å². The van der Waals surface area contributed by atoms with Crippen molar-refractivity contribution in [1.82, 2.24) is 4.98 Å². The zero-order valence-electron chi connectivity index (χ0n) is 17.4. The first-order valence-electron chi connectivity index (χ1n) is 10.2. The number of rotatable bonds is 9. The molecule has 0 amide bonds. The van der Waals surface area contributed by atoms with Crippen LogP contribution in [-0.4, -0.2) is 33.7 Å². The zero-order valence-corrected chi connectivity index (χ0v) is 18.3. The molecule has 6 heteroatoms. The highest BCUT2D eigenvalue weighted by atomic mass is 32.2. The average Bonchev–Trinajstić information content (AvgIpc) is 2.74. The Bertz CT molecular complexity index is 826. The molecule has 2 aromatic rings. The van der Waals surface area contributed by atoms with E-state index >= 15 is 0 Å². The molecule has 0 radical (unpaired) electrons. The molecule has 0 spiro atoms. The lowest BCUT2D eigenvalue weighted by atomic mass is 9.92. The van der Waals surface area contributed by atoms with Crippen LogP contribution in [-0.2, 0) is 14.3 Å². The van der Waals surface area contributed by atoms with Crippen molar-refractivity contribution in [2.24, 2.45) is 5.92 Å². The predicted molar refractivity (Wildman–Crippen MR) is 118 cm³/mol. The van der Waals surface area contributed by atoms with Gasteiger partial charge in [0, 0.05) is 29.6 Å². The Labute approximate surface area is 182 Å². The highest BCUT2D eigenvalue weighted by Crippen LogP contribution is 2.43. The maximum atomic E-state index is 10.7. The number of carbonyl (C=O) groups is 1. The van der Waals surface area contributed by atoms with E-state index in [1.165, 1.54) is 4.90 Å². The second-order valence-corrected chi connectivity index (χ2v) is 9.65. The van der Waals surface area contributed by atoms with E-state index in [1.54, 1.807) is 18.0 Å². The van der Waals surface area contributed by atoms with Crippen molar-refractivity contribution in [3.63, 3.8) is 0 Å². The Hall–Kier alpha value is -2.15. The highest BCUT2D eigenvalue weighted by Gasteiger charge is 2.41. The summed E-state index contributed by atoms with van der Waals surface area (Å²) in [5, 5.41) is 8.78. The summed E-state index contributed by atoms with van der Waals surface area (Å²) in [6, 6.07) is 14.2. The first-order chi connectivity index (χ1) is 14.5. The zero-order chi connectivity index (χ0) is 21.4. The molecule has 1 fully saturated rings. The van der Waals surface area contributed by atoms with E-state index in [9.17, 15) is 4.79 Å². The van der Waals surface area contributed by atoms with Crippen LogP contribution in [0.3, 0.4) is 0 Å². The average molecular weight is 428 g/mol. The molecule has 160 valence electrons. The lowest BCUT2D eigenvalue weighted by Crippen LogP contribution is -2.45. The summed E-state index contributed by atoms with van der Waals surface area (Å²) in [6.45, 7) is 4.86. The molecule has 30 heavy (non-hydrogen) atoms. The summed E-state index contributed by atoms with van der Waals surface area (Å²) in [6.07, 6.45) is 8.53. The normalized spacial score (nSPS) is 22.3. The maximum Gasteiger partial charge on any atom is 0.303 e. The maximum absolute atomic E-state index is 10.7. The van der Waals surface area contributed by atoms with E-state index < -0.39 is 5.97 Å². The van der Waals surface area contributed by atoms with Crippen LogP contribution in [0.15, 0.2) is 71.9 Å². The summed E-state index contributed by atoms with van der Waals surface area (Å²) in [5.74, 6) is -0.637. The number of allylic oxidation sites excluding steroid dienone is 2. The van der Waals surface area contributed by atoms with E-state index in [1.807, 2.05) is 48.7 Å². The van der Waals surface area contributed by atoms with Crippen LogP contribution in [0.2, 0.25) is 0 Å². The number of hydrogen-bond acceptors (Lipinski definition) is 5. The van der Waals surface area contributed by atoms with Crippen LogP contribution < -0.4 is 0 Å². The number of pyridine rings is 1. The van der Waals surface area contributed by atoms with Crippen molar-refractivity contribution in [3.8, 4) is 0 Å². The van der Waals surface area contributed by atoms with E-state index in [2.05, 4.69) is 31.0 Å². The number of nitrogens with zero attached hydrogens (tertiary/aromatic N) is 1. The molecular formula is C24H29NO4S. The molecule has 5 nitrogen and oxygen atoms in total. The van der Waals surface area contributed by atoms with Crippen molar-refractivity contribution in [3.05, 3.63) is 72.6 Å². The summed E-state index contributed by atoms with van der Waals surface area (Å²) >= 11 is 1.74. The van der Waals surface area contributed by atoms with Gasteiger partial charge in [-0.1, -0.05) is 36.4 Å². The van der Waals surface area contributed by atoms with E-state index in [-0.39, 0.29) is 29.5 Å². The van der Waals surface area contributed by atoms with Gasteiger partial charge in [-0.3, -0.25) is 9.78 Å². The fourth-order valence-corrected chi connectivity index (χ4v) is 4.59. The summed E-state index contributed by atoms with van der Waals surface area (Å²) < 4.78 is 12.4. The van der Waals surface area contributed by atoms with Gasteiger partial charge in [0.25, 0.3) is 0 Å². The van der Waals surface area contributed by atoms with Gasteiger partial charge in [0.15, 0.2) is 6.29 Å². The molecule has 0 aliphatic carbocycles. The number of aliphatic carboxylic acids is 1. The van der Waals surface area contributed by atoms with Crippen LogP contribution >= 0.6 is 11.8 Å². The minimum atomic E-state index is -0.779. The van der Waals surface area contributed by atoms with E-state index in [4.69, 9.17) is 14.6 Å². The SMILES string of the molecule is CC(C)(Sc1ccccc1)[C@H]1OC[C@@H](C/C=C\CCC(=O)O)[C@@H](c2cccnc2)O1. The van der Waals surface area contributed by atoms with Crippen LogP contribution in [0.25, 0.3) is 0 Å². The fourth-order valence-electron chi connectivity index (χ4n) is 3.47. The second kappa shape index (κ2) is 10.8. The van der Waals surface area contributed by atoms with Gasteiger partial charge < -0.3 is 14.6 Å². The number of thioether (sulfide) groups is 1. The predicted octanol–water partition coefficient (Wildman–Crippen LogP) is 5.49. The largest absolute Gasteiger partial charge is 0.481 e. The smallest absolute Gasteiger partial charge is 0.303 e. The first kappa shape index (κ1) is 22.5. The standard InChI is InChI=1S/C24H29NO4S/c1-24(2,30-20-12-6-4-7-13-20)23-28-17-19(10-5-3-8-14-21(26)27)22(29-23)18-11-9-15-25-16-18/h3-7,9,11-13,15-16,19,22-23H,8,10,14,17H2,1-2H3,(H,26,27)/b5-3-/t19-,22-,23+/m1/s1.